The van der Waals surface area contributed by atoms with E-state index in [0.29, 0.717) is 22.0 Å². The van der Waals surface area contributed by atoms with Gasteiger partial charge in [-0.25, -0.2) is 4.98 Å². The van der Waals surface area contributed by atoms with E-state index in [-0.39, 0.29) is 11.0 Å². The van der Waals surface area contributed by atoms with E-state index >= 15 is 0 Å². The number of nitrogens with one attached hydrogen (secondary N) is 2. The number of halogens is 1. The predicted octanol–water partition coefficient (Wildman–Crippen LogP) is 5.75. The van der Waals surface area contributed by atoms with E-state index in [4.69, 9.17) is 28.6 Å². The summed E-state index contributed by atoms with van der Waals surface area (Å²) < 4.78 is 6.24. The number of nitrogens with zero attached hydrogens (tertiary/aromatic N) is 1. The van der Waals surface area contributed by atoms with Crippen LogP contribution in [0.5, 0.6) is 5.75 Å². The predicted molar refractivity (Wildman–Crippen MR) is 127 cm³/mol. The van der Waals surface area contributed by atoms with Gasteiger partial charge in [0.05, 0.1) is 22.3 Å². The molecule has 4 aromatic rings. The molecule has 2 N–H and O–H groups in total. The number of anilines is 1. The second-order valence-corrected chi connectivity index (χ2v) is 8.17. The zero-order valence-corrected chi connectivity index (χ0v) is 18.2. The zero-order valence-electron chi connectivity index (χ0n) is 15.8. The van der Waals surface area contributed by atoms with Crippen LogP contribution in [0.3, 0.4) is 0 Å². The highest BCUT2D eigenvalue weighted by atomic mass is 35.5. The minimum Gasteiger partial charge on any atom is -0.497 e. The summed E-state index contributed by atoms with van der Waals surface area (Å²) in [6.45, 7) is 0. The lowest BCUT2D eigenvalue weighted by Gasteiger charge is -2.11. The van der Waals surface area contributed by atoms with Crippen molar-refractivity contribution in [2.75, 3.05) is 12.4 Å². The van der Waals surface area contributed by atoms with E-state index in [1.54, 1.807) is 48.8 Å². The summed E-state index contributed by atoms with van der Waals surface area (Å²) in [6.07, 6.45) is 0. The van der Waals surface area contributed by atoms with Crippen molar-refractivity contribution in [1.29, 1.82) is 0 Å². The molecule has 1 heterocycles. The molecule has 0 aliphatic heterocycles. The van der Waals surface area contributed by atoms with Crippen molar-refractivity contribution in [3.05, 3.63) is 77.3 Å². The van der Waals surface area contributed by atoms with Crippen molar-refractivity contribution >= 4 is 62.1 Å². The molecule has 0 aliphatic rings. The van der Waals surface area contributed by atoms with Gasteiger partial charge in [0.2, 0.25) is 0 Å². The number of benzene rings is 3. The van der Waals surface area contributed by atoms with Gasteiger partial charge in [-0.1, -0.05) is 29.8 Å². The first-order valence-corrected chi connectivity index (χ1v) is 10.6. The molecule has 0 aliphatic carbocycles. The molecule has 150 valence electrons. The highest BCUT2D eigenvalue weighted by molar-refractivity contribution is 7.80. The van der Waals surface area contributed by atoms with Gasteiger partial charge in [-0.3, -0.25) is 10.1 Å². The van der Waals surface area contributed by atoms with Crippen molar-refractivity contribution in [2.45, 2.75) is 0 Å². The second-order valence-electron chi connectivity index (χ2n) is 6.32. The summed E-state index contributed by atoms with van der Waals surface area (Å²) in [5.74, 6) is 0.266. The summed E-state index contributed by atoms with van der Waals surface area (Å²) >= 11 is 13.3. The van der Waals surface area contributed by atoms with Crippen LogP contribution in [0.25, 0.3) is 20.8 Å². The normalized spacial score (nSPS) is 10.6. The number of amides is 1. The van der Waals surface area contributed by atoms with Crippen molar-refractivity contribution in [3.8, 4) is 16.3 Å². The highest BCUT2D eigenvalue weighted by Gasteiger charge is 2.12. The van der Waals surface area contributed by atoms with Crippen molar-refractivity contribution < 1.29 is 9.53 Å². The Balaban J connectivity index is 1.46. The van der Waals surface area contributed by atoms with Gasteiger partial charge in [0.25, 0.3) is 5.91 Å². The van der Waals surface area contributed by atoms with Gasteiger partial charge in [-0.05, 0) is 60.7 Å². The monoisotopic (exact) mass is 453 g/mol. The molecule has 4 rings (SSSR count). The van der Waals surface area contributed by atoms with Gasteiger partial charge in [-0.2, -0.15) is 0 Å². The first kappa shape index (κ1) is 20.3. The van der Waals surface area contributed by atoms with Crippen LogP contribution < -0.4 is 15.4 Å². The molecule has 1 aromatic heterocycles. The Bertz CT molecular complexity index is 1220. The number of hydrogen-bond donors (Lipinski definition) is 2. The van der Waals surface area contributed by atoms with E-state index in [1.165, 1.54) is 0 Å². The van der Waals surface area contributed by atoms with Crippen molar-refractivity contribution in [2.24, 2.45) is 0 Å². The van der Waals surface area contributed by atoms with Gasteiger partial charge in [-0.15, -0.1) is 11.3 Å². The van der Waals surface area contributed by atoms with Crippen LogP contribution in [0.15, 0.2) is 66.7 Å². The second kappa shape index (κ2) is 8.79. The van der Waals surface area contributed by atoms with E-state index in [0.717, 1.165) is 20.8 Å². The number of thiazole rings is 1. The van der Waals surface area contributed by atoms with Crippen LogP contribution in [0, 0.1) is 0 Å². The highest BCUT2D eigenvalue weighted by Crippen LogP contribution is 2.35. The lowest BCUT2D eigenvalue weighted by atomic mass is 10.2. The minimum atomic E-state index is -0.330. The number of carbonyl (C=O) groups is 1. The van der Waals surface area contributed by atoms with Crippen molar-refractivity contribution in [1.82, 2.24) is 10.3 Å². The van der Waals surface area contributed by atoms with E-state index in [1.807, 2.05) is 36.4 Å². The fraction of sp³-hybridized carbons (Fsp3) is 0.0455. The average Bonchev–Trinajstić information content (AvgIpc) is 3.17. The van der Waals surface area contributed by atoms with Crippen LogP contribution in [-0.2, 0) is 0 Å². The number of thiocarbonyl (C=S) groups is 1. The Morgan fingerprint density at radius 2 is 1.93 bits per heavy atom. The van der Waals surface area contributed by atoms with E-state index in [9.17, 15) is 4.79 Å². The Labute approximate surface area is 187 Å². The Kier molecular flexibility index (Phi) is 5.94. The van der Waals surface area contributed by atoms with Gasteiger partial charge < -0.3 is 10.1 Å². The topological polar surface area (TPSA) is 63.2 Å². The summed E-state index contributed by atoms with van der Waals surface area (Å²) in [6, 6.07) is 20.3. The molecule has 0 bridgehead atoms. The molecule has 0 saturated heterocycles. The number of hydrogen-bond acceptors (Lipinski definition) is 5. The molecule has 30 heavy (non-hydrogen) atoms. The van der Waals surface area contributed by atoms with Gasteiger partial charge in [0, 0.05) is 16.8 Å². The lowest BCUT2D eigenvalue weighted by Crippen LogP contribution is -2.34. The third-order valence-electron chi connectivity index (χ3n) is 4.31. The maximum Gasteiger partial charge on any atom is 0.257 e. The fourth-order valence-electron chi connectivity index (χ4n) is 2.86. The van der Waals surface area contributed by atoms with Gasteiger partial charge in [0.1, 0.15) is 10.8 Å². The van der Waals surface area contributed by atoms with Gasteiger partial charge >= 0.3 is 0 Å². The van der Waals surface area contributed by atoms with E-state index in [2.05, 4.69) is 15.6 Å². The lowest BCUT2D eigenvalue weighted by molar-refractivity contribution is 0.0977. The number of fused-ring (bicyclic) bond motifs is 1. The SMILES string of the molecule is COc1cccc(C(=O)NC(=S)Nc2ccc(-c3nc4ccccc4s3)c(Cl)c2)c1. The molecule has 5 nitrogen and oxygen atoms in total. The summed E-state index contributed by atoms with van der Waals surface area (Å²) in [7, 11) is 1.55. The average molecular weight is 454 g/mol. The molecule has 0 atom stereocenters. The van der Waals surface area contributed by atoms with Crippen LogP contribution in [0.1, 0.15) is 10.4 Å². The quantitative estimate of drug-likeness (QED) is 0.385. The van der Waals surface area contributed by atoms with Crippen LogP contribution in [-0.4, -0.2) is 23.1 Å². The van der Waals surface area contributed by atoms with Crippen molar-refractivity contribution in [3.63, 3.8) is 0 Å². The smallest absolute Gasteiger partial charge is 0.257 e. The van der Waals surface area contributed by atoms with Crippen LogP contribution in [0.4, 0.5) is 5.69 Å². The number of methoxy groups -OCH3 is 1. The summed E-state index contributed by atoms with van der Waals surface area (Å²) in [5, 5.41) is 7.20. The molecule has 0 saturated carbocycles. The standard InChI is InChI=1S/C22H16ClN3O2S2/c1-28-15-6-4-5-13(11-15)20(27)26-22(29)24-14-9-10-16(17(23)12-14)21-25-18-7-2-3-8-19(18)30-21/h2-12H,1H3,(H2,24,26,27,29). The first-order chi connectivity index (χ1) is 14.5. The first-order valence-electron chi connectivity index (χ1n) is 8.95. The number of rotatable bonds is 4. The molecular formula is C22H16ClN3O2S2. The number of para-hydroxylation sites is 1. The maximum atomic E-state index is 12.4. The molecule has 3 aromatic carbocycles. The minimum absolute atomic E-state index is 0.173. The Morgan fingerprint density at radius 3 is 2.70 bits per heavy atom. The molecular weight excluding hydrogens is 438 g/mol. The number of ether oxygens (including phenoxy) is 1. The fourth-order valence-corrected chi connectivity index (χ4v) is 4.40. The third-order valence-corrected chi connectivity index (χ3v) is 5.90. The summed E-state index contributed by atoms with van der Waals surface area (Å²) in [5.41, 5.74) is 2.90. The Morgan fingerprint density at radius 1 is 1.10 bits per heavy atom. The molecule has 1 amide bonds. The third kappa shape index (κ3) is 4.43. The van der Waals surface area contributed by atoms with E-state index < -0.39 is 0 Å². The summed E-state index contributed by atoms with van der Waals surface area (Å²) in [4.78, 5) is 17.0. The molecule has 0 unspecified atom stereocenters. The molecule has 0 fully saturated rings. The maximum absolute atomic E-state index is 12.4. The van der Waals surface area contributed by atoms with Crippen LogP contribution in [0.2, 0.25) is 5.02 Å². The Hall–Kier alpha value is -3.00. The van der Waals surface area contributed by atoms with Gasteiger partial charge in [0.15, 0.2) is 5.11 Å². The number of carbonyl (C=O) groups excluding carboxylic acids is 1. The number of aromatic nitrogens is 1. The largest absolute Gasteiger partial charge is 0.497 e. The molecule has 0 spiro atoms. The molecule has 8 heteroatoms. The van der Waals surface area contributed by atoms with Crippen LogP contribution >= 0.6 is 35.2 Å². The molecule has 0 radical (unpaired) electrons. The zero-order chi connectivity index (χ0) is 21.1.